The van der Waals surface area contributed by atoms with Crippen molar-refractivity contribution in [2.75, 3.05) is 5.32 Å². The number of hydrogen-bond donors (Lipinski definition) is 1. The van der Waals surface area contributed by atoms with Gasteiger partial charge in [-0.3, -0.25) is 4.79 Å². The molecule has 3 rings (SSSR count). The zero-order valence-electron chi connectivity index (χ0n) is 14.7. The molecule has 7 heteroatoms. The van der Waals surface area contributed by atoms with Gasteiger partial charge in [-0.15, -0.1) is 5.10 Å². The number of carbonyl (C=O) groups is 1. The molecule has 0 bridgehead atoms. The van der Waals surface area contributed by atoms with E-state index in [-0.39, 0.29) is 11.6 Å². The molecule has 0 saturated carbocycles. The van der Waals surface area contributed by atoms with Crippen LogP contribution < -0.4 is 5.32 Å². The lowest BCUT2D eigenvalue weighted by Crippen LogP contribution is -2.12. The molecule has 1 aromatic heterocycles. The van der Waals surface area contributed by atoms with Gasteiger partial charge in [-0.1, -0.05) is 29.8 Å². The summed E-state index contributed by atoms with van der Waals surface area (Å²) in [5.74, 6) is -0.105. The summed E-state index contributed by atoms with van der Waals surface area (Å²) in [6, 6.07) is 12.6. The Hall–Kier alpha value is -3.09. The molecule has 1 N–H and O–H groups in total. The van der Waals surface area contributed by atoms with Crippen LogP contribution in [-0.4, -0.2) is 26.1 Å². The molecule has 134 valence electrons. The lowest BCUT2D eigenvalue weighted by Gasteiger charge is -2.09. The van der Waals surface area contributed by atoms with E-state index in [1.165, 1.54) is 34.0 Å². The number of tetrazole rings is 1. The van der Waals surface area contributed by atoms with Crippen LogP contribution in [0.25, 0.3) is 5.69 Å². The fourth-order valence-corrected chi connectivity index (χ4v) is 2.64. The zero-order chi connectivity index (χ0) is 18.5. The molecule has 1 heterocycles. The monoisotopic (exact) mass is 353 g/mol. The molecule has 0 saturated heterocycles. The molecule has 0 fully saturated rings. The molecule has 0 radical (unpaired) electrons. The lowest BCUT2D eigenvalue weighted by atomic mass is 10.1. The first-order valence-corrected chi connectivity index (χ1v) is 8.43. The number of amides is 1. The molecule has 1 amide bonds. The Morgan fingerprint density at radius 2 is 1.92 bits per heavy atom. The van der Waals surface area contributed by atoms with Crippen molar-refractivity contribution in [2.45, 2.75) is 33.1 Å². The van der Waals surface area contributed by atoms with Gasteiger partial charge in [0.25, 0.3) is 0 Å². The van der Waals surface area contributed by atoms with Crippen LogP contribution in [0.3, 0.4) is 0 Å². The van der Waals surface area contributed by atoms with Gasteiger partial charge >= 0.3 is 0 Å². The van der Waals surface area contributed by atoms with Gasteiger partial charge in [0.05, 0.1) is 0 Å². The Balaban J connectivity index is 1.59. The molecule has 0 spiro atoms. The smallest absolute Gasteiger partial charge is 0.224 e. The number of anilines is 1. The molecule has 0 aliphatic rings. The van der Waals surface area contributed by atoms with Crippen molar-refractivity contribution in [3.8, 4) is 5.69 Å². The number of carbonyl (C=O) groups excluding carboxylic acids is 1. The Morgan fingerprint density at radius 1 is 1.15 bits per heavy atom. The van der Waals surface area contributed by atoms with Crippen LogP contribution in [0.2, 0.25) is 0 Å². The summed E-state index contributed by atoms with van der Waals surface area (Å²) in [5.41, 5.74) is 3.14. The van der Waals surface area contributed by atoms with E-state index in [0.717, 1.165) is 12.8 Å². The summed E-state index contributed by atoms with van der Waals surface area (Å²) in [4.78, 5) is 12.2. The molecule has 2 aromatic carbocycles. The van der Waals surface area contributed by atoms with Crippen molar-refractivity contribution in [3.05, 3.63) is 65.2 Å². The van der Waals surface area contributed by atoms with Crippen LogP contribution in [-0.2, 0) is 11.2 Å². The third kappa shape index (κ3) is 4.30. The average molecular weight is 353 g/mol. The summed E-state index contributed by atoms with van der Waals surface area (Å²) in [7, 11) is 0. The average Bonchev–Trinajstić information content (AvgIpc) is 3.04. The van der Waals surface area contributed by atoms with E-state index in [2.05, 4.69) is 45.1 Å². The summed E-state index contributed by atoms with van der Waals surface area (Å²) in [6.45, 7) is 3.72. The Morgan fingerprint density at radius 3 is 2.62 bits per heavy atom. The zero-order valence-corrected chi connectivity index (χ0v) is 14.7. The summed E-state index contributed by atoms with van der Waals surface area (Å²) in [6.07, 6.45) is 1.98. The largest absolute Gasteiger partial charge is 0.326 e. The molecule has 0 unspecified atom stereocenters. The maximum Gasteiger partial charge on any atom is 0.224 e. The Labute approximate surface area is 151 Å². The molecular weight excluding hydrogens is 333 g/mol. The molecular formula is C19H20FN5O. The van der Waals surface area contributed by atoms with Crippen LogP contribution in [0.5, 0.6) is 0 Å². The number of nitrogens with one attached hydrogen (secondary N) is 1. The Bertz CT molecular complexity index is 905. The van der Waals surface area contributed by atoms with Gasteiger partial charge in [-0.05, 0) is 60.9 Å². The predicted octanol–water partition coefficient (Wildman–Crippen LogP) is 3.38. The fraction of sp³-hybridized carbons (Fsp3) is 0.263. The van der Waals surface area contributed by atoms with E-state index in [0.29, 0.717) is 17.9 Å². The van der Waals surface area contributed by atoms with Crippen LogP contribution in [0, 0.1) is 19.7 Å². The van der Waals surface area contributed by atoms with Gasteiger partial charge in [0.2, 0.25) is 5.91 Å². The first-order valence-electron chi connectivity index (χ1n) is 8.43. The van der Waals surface area contributed by atoms with Crippen molar-refractivity contribution in [2.24, 2.45) is 0 Å². The van der Waals surface area contributed by atoms with Gasteiger partial charge in [0.1, 0.15) is 11.5 Å². The molecule has 26 heavy (non-hydrogen) atoms. The highest BCUT2D eigenvalue weighted by atomic mass is 19.1. The molecule has 0 aliphatic heterocycles. The quantitative estimate of drug-likeness (QED) is 0.737. The van der Waals surface area contributed by atoms with Gasteiger partial charge < -0.3 is 5.32 Å². The predicted molar refractivity (Wildman–Crippen MR) is 96.6 cm³/mol. The standard InChI is InChI=1S/C19H20FN5O/c1-13-6-8-15(9-7-13)4-3-5-19(26)21-16-10-11-17(20)18(12-16)25-14(2)22-23-24-25/h6-12H,3-5H2,1-2H3,(H,21,26). The third-order valence-corrected chi connectivity index (χ3v) is 4.07. The van der Waals surface area contributed by atoms with Crippen LogP contribution in [0.1, 0.15) is 29.8 Å². The van der Waals surface area contributed by atoms with E-state index in [1.807, 2.05) is 6.92 Å². The molecule has 6 nitrogen and oxygen atoms in total. The first-order chi connectivity index (χ1) is 12.5. The highest BCUT2D eigenvalue weighted by molar-refractivity contribution is 5.90. The number of rotatable bonds is 6. The van der Waals surface area contributed by atoms with Crippen molar-refractivity contribution >= 4 is 11.6 Å². The second-order valence-corrected chi connectivity index (χ2v) is 6.19. The van der Waals surface area contributed by atoms with Gasteiger partial charge in [0, 0.05) is 12.1 Å². The summed E-state index contributed by atoms with van der Waals surface area (Å²) in [5, 5.41) is 13.8. The Kier molecular flexibility index (Phi) is 5.36. The maximum atomic E-state index is 14.0. The van der Waals surface area contributed by atoms with Crippen molar-refractivity contribution < 1.29 is 9.18 Å². The number of nitrogens with zero attached hydrogens (tertiary/aromatic N) is 4. The molecule has 0 atom stereocenters. The van der Waals surface area contributed by atoms with E-state index >= 15 is 0 Å². The maximum absolute atomic E-state index is 14.0. The molecule has 3 aromatic rings. The molecule has 0 aliphatic carbocycles. The van der Waals surface area contributed by atoms with Crippen LogP contribution in [0.4, 0.5) is 10.1 Å². The number of halogens is 1. The number of hydrogen-bond acceptors (Lipinski definition) is 4. The SMILES string of the molecule is Cc1ccc(CCCC(=O)Nc2ccc(F)c(-n3nnnc3C)c2)cc1. The first kappa shape index (κ1) is 17.7. The summed E-state index contributed by atoms with van der Waals surface area (Å²) < 4.78 is 15.3. The highest BCUT2D eigenvalue weighted by Crippen LogP contribution is 2.19. The normalized spacial score (nSPS) is 10.7. The van der Waals surface area contributed by atoms with Gasteiger partial charge in [-0.2, -0.15) is 4.68 Å². The van der Waals surface area contributed by atoms with Crippen LogP contribution in [0.15, 0.2) is 42.5 Å². The second kappa shape index (κ2) is 7.86. The number of benzene rings is 2. The minimum atomic E-state index is -0.460. The van der Waals surface area contributed by atoms with Crippen LogP contribution >= 0.6 is 0 Å². The number of aromatic nitrogens is 4. The van der Waals surface area contributed by atoms with E-state index in [1.54, 1.807) is 6.92 Å². The van der Waals surface area contributed by atoms with Crippen molar-refractivity contribution in [1.82, 2.24) is 20.2 Å². The third-order valence-electron chi connectivity index (χ3n) is 4.07. The van der Waals surface area contributed by atoms with E-state index in [4.69, 9.17) is 0 Å². The van der Waals surface area contributed by atoms with Crippen molar-refractivity contribution in [1.29, 1.82) is 0 Å². The fourth-order valence-electron chi connectivity index (χ4n) is 2.64. The minimum absolute atomic E-state index is 0.108. The highest BCUT2D eigenvalue weighted by Gasteiger charge is 2.11. The second-order valence-electron chi connectivity index (χ2n) is 6.19. The number of aryl methyl sites for hydroxylation is 3. The lowest BCUT2D eigenvalue weighted by molar-refractivity contribution is -0.116. The topological polar surface area (TPSA) is 72.7 Å². The van der Waals surface area contributed by atoms with Gasteiger partial charge in [0.15, 0.2) is 5.82 Å². The van der Waals surface area contributed by atoms with E-state index in [9.17, 15) is 9.18 Å². The van der Waals surface area contributed by atoms with Crippen molar-refractivity contribution in [3.63, 3.8) is 0 Å². The minimum Gasteiger partial charge on any atom is -0.326 e. The van der Waals surface area contributed by atoms with Gasteiger partial charge in [-0.25, -0.2) is 4.39 Å². The van der Waals surface area contributed by atoms with E-state index < -0.39 is 5.82 Å². The summed E-state index contributed by atoms with van der Waals surface area (Å²) >= 11 is 0.